The third kappa shape index (κ3) is 2.80. The van der Waals surface area contributed by atoms with Gasteiger partial charge in [0.15, 0.2) is 0 Å². The maximum absolute atomic E-state index is 13.2. The van der Waals surface area contributed by atoms with Crippen LogP contribution in [0, 0.1) is 5.82 Å². The molecular formula is C12H13ClFNO. The number of halogens is 2. The Morgan fingerprint density at radius 3 is 2.62 bits per heavy atom. The highest BCUT2D eigenvalue weighted by Gasteiger charge is 2.16. The molecule has 2 nitrogen and oxygen atoms in total. The van der Waals surface area contributed by atoms with Crippen molar-refractivity contribution < 1.29 is 9.18 Å². The van der Waals surface area contributed by atoms with E-state index < -0.39 is 0 Å². The highest BCUT2D eigenvalue weighted by atomic mass is 35.5. The molecule has 0 saturated carbocycles. The van der Waals surface area contributed by atoms with Crippen molar-refractivity contribution >= 4 is 17.4 Å². The van der Waals surface area contributed by atoms with Crippen molar-refractivity contribution in [1.82, 2.24) is 4.90 Å². The lowest BCUT2D eigenvalue weighted by Gasteiger charge is -2.25. The molecular weight excluding hydrogens is 229 g/mol. The fraction of sp³-hybridized carbons (Fsp3) is 0.417. The number of hydrogen-bond acceptors (Lipinski definition) is 2. The van der Waals surface area contributed by atoms with E-state index in [1.54, 1.807) is 6.07 Å². The van der Waals surface area contributed by atoms with Crippen molar-refractivity contribution in [2.45, 2.75) is 19.4 Å². The second-order valence-electron chi connectivity index (χ2n) is 4.06. The average Bonchev–Trinajstić information content (AvgIpc) is 2.27. The highest BCUT2D eigenvalue weighted by Crippen LogP contribution is 2.17. The van der Waals surface area contributed by atoms with Crippen LogP contribution in [-0.4, -0.2) is 23.8 Å². The topological polar surface area (TPSA) is 20.3 Å². The first-order valence-corrected chi connectivity index (χ1v) is 5.71. The van der Waals surface area contributed by atoms with Crippen LogP contribution in [0.2, 0.25) is 5.02 Å². The van der Waals surface area contributed by atoms with E-state index in [-0.39, 0.29) is 10.8 Å². The molecule has 1 aromatic rings. The molecule has 0 aliphatic carbocycles. The third-order valence-electron chi connectivity index (χ3n) is 2.80. The summed E-state index contributed by atoms with van der Waals surface area (Å²) >= 11 is 5.61. The van der Waals surface area contributed by atoms with Crippen molar-refractivity contribution in [2.24, 2.45) is 0 Å². The minimum Gasteiger partial charge on any atom is -0.300 e. The van der Waals surface area contributed by atoms with Crippen LogP contribution in [0.15, 0.2) is 18.2 Å². The summed E-state index contributed by atoms with van der Waals surface area (Å²) in [5, 5.41) is 0.151. The highest BCUT2D eigenvalue weighted by molar-refractivity contribution is 6.30. The summed E-state index contributed by atoms with van der Waals surface area (Å²) in [5.41, 5.74) is 0.899. The molecule has 2 rings (SSSR count). The number of Topliss-reactive ketones (excluding diaryl/α,β-unsaturated/α-hetero) is 1. The fourth-order valence-corrected chi connectivity index (χ4v) is 1.97. The maximum atomic E-state index is 13.2. The summed E-state index contributed by atoms with van der Waals surface area (Å²) in [4.78, 5) is 13.2. The largest absolute Gasteiger partial charge is 0.300 e. The fourth-order valence-electron chi connectivity index (χ4n) is 1.86. The van der Waals surface area contributed by atoms with Gasteiger partial charge in [-0.1, -0.05) is 17.7 Å². The van der Waals surface area contributed by atoms with E-state index in [0.29, 0.717) is 25.2 Å². The average molecular weight is 242 g/mol. The van der Waals surface area contributed by atoms with Gasteiger partial charge in [-0.15, -0.1) is 0 Å². The standard InChI is InChI=1S/C12H13ClFNO/c13-11-2-1-9(7-12(11)14)8-15-5-3-10(16)4-6-15/h1-2,7H,3-6,8H2. The Morgan fingerprint density at radius 1 is 1.31 bits per heavy atom. The van der Waals surface area contributed by atoms with Crippen LogP contribution >= 0.6 is 11.6 Å². The Kier molecular flexibility index (Phi) is 3.56. The monoisotopic (exact) mass is 241 g/mol. The zero-order valence-corrected chi connectivity index (χ0v) is 9.63. The molecule has 0 unspecified atom stereocenters. The number of carbonyl (C=O) groups excluding carboxylic acids is 1. The van der Waals surface area contributed by atoms with Crippen LogP contribution in [0.5, 0.6) is 0 Å². The van der Waals surface area contributed by atoms with Crippen LogP contribution in [0.3, 0.4) is 0 Å². The summed E-state index contributed by atoms with van der Waals surface area (Å²) in [6.07, 6.45) is 1.21. The number of rotatable bonds is 2. The van der Waals surface area contributed by atoms with E-state index >= 15 is 0 Å². The van der Waals surface area contributed by atoms with Gasteiger partial charge in [0.05, 0.1) is 5.02 Å². The predicted molar refractivity (Wildman–Crippen MR) is 60.9 cm³/mol. The van der Waals surface area contributed by atoms with Gasteiger partial charge in [0.2, 0.25) is 0 Å². The quantitative estimate of drug-likeness (QED) is 0.794. The molecule has 1 aromatic carbocycles. The van der Waals surface area contributed by atoms with Gasteiger partial charge in [-0.05, 0) is 17.7 Å². The van der Waals surface area contributed by atoms with Crippen molar-refractivity contribution in [3.8, 4) is 0 Å². The lowest BCUT2D eigenvalue weighted by atomic mass is 10.1. The summed E-state index contributed by atoms with van der Waals surface area (Å²) in [6.45, 7) is 2.22. The van der Waals surface area contributed by atoms with Gasteiger partial charge in [-0.25, -0.2) is 4.39 Å². The normalized spacial score (nSPS) is 17.8. The van der Waals surface area contributed by atoms with Crippen LogP contribution in [0.4, 0.5) is 4.39 Å². The van der Waals surface area contributed by atoms with Crippen LogP contribution in [-0.2, 0) is 11.3 Å². The second-order valence-corrected chi connectivity index (χ2v) is 4.47. The summed E-state index contributed by atoms with van der Waals surface area (Å²) < 4.78 is 13.2. The molecule has 1 aliphatic heterocycles. The first kappa shape index (κ1) is 11.6. The van der Waals surface area contributed by atoms with Gasteiger partial charge < -0.3 is 0 Å². The number of ketones is 1. The maximum Gasteiger partial charge on any atom is 0.142 e. The number of piperidine rings is 1. The van der Waals surface area contributed by atoms with Gasteiger partial charge in [-0.2, -0.15) is 0 Å². The zero-order chi connectivity index (χ0) is 11.5. The molecule has 0 radical (unpaired) electrons. The Morgan fingerprint density at radius 2 is 2.00 bits per heavy atom. The van der Waals surface area contributed by atoms with Gasteiger partial charge in [0.25, 0.3) is 0 Å². The van der Waals surface area contributed by atoms with E-state index in [2.05, 4.69) is 4.90 Å². The van der Waals surface area contributed by atoms with Gasteiger partial charge in [0.1, 0.15) is 11.6 Å². The molecule has 1 heterocycles. The summed E-state index contributed by atoms with van der Waals surface area (Å²) in [7, 11) is 0. The first-order valence-electron chi connectivity index (χ1n) is 5.33. The van der Waals surface area contributed by atoms with E-state index in [9.17, 15) is 9.18 Å². The molecule has 1 fully saturated rings. The predicted octanol–water partition coefficient (Wildman–Crippen LogP) is 2.64. The summed E-state index contributed by atoms with van der Waals surface area (Å²) in [6, 6.07) is 4.85. The zero-order valence-electron chi connectivity index (χ0n) is 8.88. The van der Waals surface area contributed by atoms with E-state index in [4.69, 9.17) is 11.6 Å². The molecule has 0 atom stereocenters. The minimum atomic E-state index is -0.382. The van der Waals surface area contributed by atoms with Gasteiger partial charge in [-0.3, -0.25) is 9.69 Å². The molecule has 86 valence electrons. The van der Waals surface area contributed by atoms with Crippen LogP contribution < -0.4 is 0 Å². The SMILES string of the molecule is O=C1CCN(Cc2ccc(Cl)c(F)c2)CC1. The Balaban J connectivity index is 1.98. The number of likely N-dealkylation sites (tertiary alicyclic amines) is 1. The number of carbonyl (C=O) groups is 1. The van der Waals surface area contributed by atoms with Crippen molar-refractivity contribution in [3.63, 3.8) is 0 Å². The lowest BCUT2D eigenvalue weighted by molar-refractivity contribution is -0.121. The molecule has 0 N–H and O–H groups in total. The molecule has 0 aromatic heterocycles. The molecule has 0 spiro atoms. The Hall–Kier alpha value is -0.930. The molecule has 1 aliphatic rings. The van der Waals surface area contributed by atoms with E-state index in [1.165, 1.54) is 6.07 Å². The minimum absolute atomic E-state index is 0.151. The van der Waals surface area contributed by atoms with Gasteiger partial charge >= 0.3 is 0 Å². The van der Waals surface area contributed by atoms with E-state index in [1.807, 2.05) is 6.07 Å². The van der Waals surface area contributed by atoms with Crippen molar-refractivity contribution in [3.05, 3.63) is 34.6 Å². The van der Waals surface area contributed by atoms with E-state index in [0.717, 1.165) is 18.7 Å². The lowest BCUT2D eigenvalue weighted by Crippen LogP contribution is -2.33. The number of benzene rings is 1. The van der Waals surface area contributed by atoms with Crippen LogP contribution in [0.1, 0.15) is 18.4 Å². The first-order chi connectivity index (χ1) is 7.65. The Bertz CT molecular complexity index is 398. The molecule has 0 bridgehead atoms. The second kappa shape index (κ2) is 4.93. The number of nitrogens with zero attached hydrogens (tertiary/aromatic N) is 1. The summed E-state index contributed by atoms with van der Waals surface area (Å²) in [5.74, 6) is -0.0641. The molecule has 0 amide bonds. The number of hydrogen-bond donors (Lipinski definition) is 0. The molecule has 1 saturated heterocycles. The van der Waals surface area contributed by atoms with Crippen molar-refractivity contribution in [1.29, 1.82) is 0 Å². The van der Waals surface area contributed by atoms with Crippen LogP contribution in [0.25, 0.3) is 0 Å². The third-order valence-corrected chi connectivity index (χ3v) is 3.11. The molecule has 4 heteroatoms. The Labute approximate surface area is 99.0 Å². The van der Waals surface area contributed by atoms with Crippen molar-refractivity contribution in [2.75, 3.05) is 13.1 Å². The van der Waals surface area contributed by atoms with Gasteiger partial charge in [0, 0.05) is 32.5 Å². The smallest absolute Gasteiger partial charge is 0.142 e. The molecule has 16 heavy (non-hydrogen) atoms.